The summed E-state index contributed by atoms with van der Waals surface area (Å²) >= 11 is 6.13. The van der Waals surface area contributed by atoms with Gasteiger partial charge in [0, 0.05) is 12.0 Å². The van der Waals surface area contributed by atoms with E-state index in [1.54, 1.807) is 24.3 Å². The van der Waals surface area contributed by atoms with E-state index >= 15 is 0 Å². The molecule has 0 fully saturated rings. The lowest BCUT2D eigenvalue weighted by molar-refractivity contribution is 0.101. The Kier molecular flexibility index (Phi) is 5.20. The Labute approximate surface area is 199 Å². The molecule has 0 radical (unpaired) electrons. The van der Waals surface area contributed by atoms with E-state index < -0.39 is 23.1 Å². The summed E-state index contributed by atoms with van der Waals surface area (Å²) in [5.41, 5.74) is 2.53. The number of anilines is 3. The fourth-order valence-electron chi connectivity index (χ4n) is 4.11. The van der Waals surface area contributed by atoms with Gasteiger partial charge in [-0.2, -0.15) is 0 Å². The van der Waals surface area contributed by atoms with Crippen LogP contribution in [-0.4, -0.2) is 21.5 Å². The van der Waals surface area contributed by atoms with Crippen LogP contribution in [0.5, 0.6) is 5.75 Å². The highest BCUT2D eigenvalue weighted by Gasteiger charge is 2.36. The number of fused-ring (bicyclic) bond motifs is 3. The maximum Gasteiger partial charge on any atom is 0.259 e. The maximum absolute atomic E-state index is 14.3. The van der Waals surface area contributed by atoms with Crippen molar-refractivity contribution in [1.82, 2.24) is 9.97 Å². The third-order valence-corrected chi connectivity index (χ3v) is 5.94. The molecule has 1 amide bonds. The smallest absolute Gasteiger partial charge is 0.259 e. The van der Waals surface area contributed by atoms with Crippen molar-refractivity contribution in [3.8, 4) is 5.75 Å². The zero-order valence-corrected chi connectivity index (χ0v) is 19.4. The van der Waals surface area contributed by atoms with Gasteiger partial charge in [-0.25, -0.2) is 13.8 Å². The highest BCUT2D eigenvalue weighted by atomic mass is 35.5. The van der Waals surface area contributed by atoms with E-state index in [4.69, 9.17) is 16.3 Å². The molecule has 4 aromatic rings. The van der Waals surface area contributed by atoms with Gasteiger partial charge in [0.25, 0.3) is 5.91 Å². The number of hydrogen-bond donors (Lipinski definition) is 3. The molecule has 0 spiro atoms. The molecule has 1 aliphatic heterocycles. The Hall–Kier alpha value is -3.65. The Balaban J connectivity index is 1.58. The van der Waals surface area contributed by atoms with Crippen LogP contribution < -0.4 is 15.4 Å². The van der Waals surface area contributed by atoms with Crippen LogP contribution in [0, 0.1) is 18.6 Å². The first-order valence-electron chi connectivity index (χ1n) is 10.6. The number of imidazole rings is 1. The fourth-order valence-corrected chi connectivity index (χ4v) is 4.32. The summed E-state index contributed by atoms with van der Waals surface area (Å²) in [7, 11) is 0. The summed E-state index contributed by atoms with van der Waals surface area (Å²) in [6.07, 6.45) is 0.503. The van der Waals surface area contributed by atoms with Crippen LogP contribution in [0.15, 0.2) is 42.5 Å². The summed E-state index contributed by atoms with van der Waals surface area (Å²) < 4.78 is 34.6. The lowest BCUT2D eigenvalue weighted by Gasteiger charge is -2.18. The number of para-hydroxylation sites is 1. The molecule has 1 aliphatic rings. The van der Waals surface area contributed by atoms with Gasteiger partial charge in [-0.05, 0) is 56.7 Å². The van der Waals surface area contributed by atoms with Crippen molar-refractivity contribution in [2.75, 3.05) is 10.6 Å². The zero-order valence-electron chi connectivity index (χ0n) is 18.6. The molecule has 0 saturated heterocycles. The summed E-state index contributed by atoms with van der Waals surface area (Å²) in [5, 5.41) is 5.72. The van der Waals surface area contributed by atoms with Crippen LogP contribution in [0.3, 0.4) is 0 Å². The molecule has 0 bridgehead atoms. The zero-order chi connectivity index (χ0) is 24.2. The van der Waals surface area contributed by atoms with Gasteiger partial charge in [-0.15, -0.1) is 0 Å². The lowest BCUT2D eigenvalue weighted by Crippen LogP contribution is -2.25. The highest BCUT2D eigenvalue weighted by Crippen LogP contribution is 2.42. The van der Waals surface area contributed by atoms with Gasteiger partial charge in [-0.3, -0.25) is 4.79 Å². The van der Waals surface area contributed by atoms with E-state index in [1.165, 1.54) is 18.2 Å². The Morgan fingerprint density at radius 1 is 1.18 bits per heavy atom. The molecule has 2 heterocycles. The van der Waals surface area contributed by atoms with E-state index in [0.717, 1.165) is 11.1 Å². The molecule has 3 aromatic carbocycles. The summed E-state index contributed by atoms with van der Waals surface area (Å²) in [6.45, 7) is 5.63. The molecular formula is C25H21ClF2N4O2. The third kappa shape index (κ3) is 3.94. The van der Waals surface area contributed by atoms with Crippen molar-refractivity contribution in [1.29, 1.82) is 0 Å². The molecule has 0 unspecified atom stereocenters. The summed E-state index contributed by atoms with van der Waals surface area (Å²) in [4.78, 5) is 20.9. The first kappa shape index (κ1) is 22.2. The highest BCUT2D eigenvalue weighted by molar-refractivity contribution is 6.33. The number of amides is 1. The van der Waals surface area contributed by atoms with Crippen molar-refractivity contribution in [2.24, 2.45) is 0 Å². The van der Waals surface area contributed by atoms with Crippen molar-refractivity contribution < 1.29 is 18.3 Å². The van der Waals surface area contributed by atoms with E-state index in [1.807, 2.05) is 20.8 Å². The monoisotopic (exact) mass is 482 g/mol. The van der Waals surface area contributed by atoms with E-state index in [-0.39, 0.29) is 27.9 Å². The van der Waals surface area contributed by atoms with Crippen LogP contribution in [0.4, 0.5) is 26.1 Å². The van der Waals surface area contributed by atoms with Crippen molar-refractivity contribution in [3.05, 3.63) is 75.8 Å². The molecule has 0 aliphatic carbocycles. The molecule has 5 rings (SSSR count). The minimum atomic E-state index is -0.568. The van der Waals surface area contributed by atoms with Gasteiger partial charge < -0.3 is 20.4 Å². The number of carbonyl (C=O) groups is 1. The number of hydrogen-bond acceptors (Lipinski definition) is 4. The van der Waals surface area contributed by atoms with Gasteiger partial charge in [-0.1, -0.05) is 23.7 Å². The second-order valence-corrected chi connectivity index (χ2v) is 9.32. The number of aromatic nitrogens is 2. The quantitative estimate of drug-likeness (QED) is 0.309. The third-order valence-electron chi connectivity index (χ3n) is 5.63. The number of halogens is 3. The number of nitrogens with one attached hydrogen (secondary N) is 3. The SMILES string of the molecule is Cc1ccc(F)c(NC(=O)c2cc3[nH]c(Nc4c(F)cccc4Cl)nc3c3c2OC(C)(C)C3)c1. The lowest BCUT2D eigenvalue weighted by atomic mass is 9.98. The van der Waals surface area contributed by atoms with Gasteiger partial charge in [0.15, 0.2) is 0 Å². The van der Waals surface area contributed by atoms with Crippen molar-refractivity contribution in [3.63, 3.8) is 0 Å². The van der Waals surface area contributed by atoms with E-state index in [2.05, 4.69) is 20.6 Å². The summed E-state index contributed by atoms with van der Waals surface area (Å²) in [5.74, 6) is -0.918. The number of nitrogens with zero attached hydrogens (tertiary/aromatic N) is 1. The first-order chi connectivity index (χ1) is 16.1. The number of carbonyl (C=O) groups excluding carboxylic acids is 1. The second-order valence-electron chi connectivity index (χ2n) is 8.91. The number of rotatable bonds is 4. The van der Waals surface area contributed by atoms with Gasteiger partial charge in [0.05, 0.1) is 33.0 Å². The van der Waals surface area contributed by atoms with Gasteiger partial charge in [0.2, 0.25) is 5.95 Å². The van der Waals surface area contributed by atoms with Crippen molar-refractivity contribution in [2.45, 2.75) is 32.8 Å². The predicted molar refractivity (Wildman–Crippen MR) is 128 cm³/mol. The molecular weight excluding hydrogens is 462 g/mol. The first-order valence-corrected chi connectivity index (χ1v) is 11.0. The van der Waals surface area contributed by atoms with Gasteiger partial charge in [0.1, 0.15) is 23.0 Å². The Morgan fingerprint density at radius 3 is 2.74 bits per heavy atom. The van der Waals surface area contributed by atoms with Crippen LogP contribution in [-0.2, 0) is 6.42 Å². The number of benzene rings is 3. The number of ether oxygens (including phenoxy) is 1. The van der Waals surface area contributed by atoms with E-state index in [0.29, 0.717) is 23.2 Å². The molecule has 0 saturated carbocycles. The minimum absolute atomic E-state index is 0.0808. The molecule has 34 heavy (non-hydrogen) atoms. The molecule has 6 nitrogen and oxygen atoms in total. The van der Waals surface area contributed by atoms with Crippen LogP contribution in [0.25, 0.3) is 11.0 Å². The molecule has 174 valence electrons. The van der Waals surface area contributed by atoms with Gasteiger partial charge >= 0.3 is 0 Å². The Morgan fingerprint density at radius 2 is 1.97 bits per heavy atom. The largest absolute Gasteiger partial charge is 0.486 e. The minimum Gasteiger partial charge on any atom is -0.486 e. The molecule has 1 aromatic heterocycles. The number of H-pyrrole nitrogens is 1. The fraction of sp³-hybridized carbons (Fsp3) is 0.200. The molecule has 3 N–H and O–H groups in total. The average Bonchev–Trinajstić information content (AvgIpc) is 3.31. The molecule has 9 heteroatoms. The normalized spacial score (nSPS) is 14.1. The van der Waals surface area contributed by atoms with Crippen LogP contribution in [0.1, 0.15) is 35.3 Å². The second kappa shape index (κ2) is 7.99. The van der Waals surface area contributed by atoms with Crippen molar-refractivity contribution >= 4 is 45.9 Å². The number of aryl methyl sites for hydroxylation is 1. The maximum atomic E-state index is 14.3. The van der Waals surface area contributed by atoms with Crippen LogP contribution >= 0.6 is 11.6 Å². The number of aromatic amines is 1. The standard InChI is InChI=1S/C25H21ClF2N4O2/c1-12-7-8-16(27)18(9-12)29-23(33)13-10-19-20(14-11-25(2,3)34-22(13)14)31-24(30-19)32-21-15(26)5-4-6-17(21)28/h4-10H,11H2,1-3H3,(H,29,33)(H2,30,31,32). The van der Waals surface area contributed by atoms with Crippen LogP contribution in [0.2, 0.25) is 5.02 Å². The molecule has 0 atom stereocenters. The predicted octanol–water partition coefficient (Wildman–Crippen LogP) is 6.51. The summed E-state index contributed by atoms with van der Waals surface area (Å²) in [6, 6.07) is 10.5. The van der Waals surface area contributed by atoms with E-state index in [9.17, 15) is 13.6 Å². The average molecular weight is 483 g/mol. The topological polar surface area (TPSA) is 79.0 Å². The Bertz CT molecular complexity index is 1450.